The first-order valence-corrected chi connectivity index (χ1v) is 5.43. The molecule has 0 aliphatic heterocycles. The molecule has 0 spiro atoms. The van der Waals surface area contributed by atoms with Crippen LogP contribution in [0.5, 0.6) is 0 Å². The third kappa shape index (κ3) is 1.85. The second-order valence-electron chi connectivity index (χ2n) is 2.69. The molecule has 0 aliphatic rings. The number of rotatable bonds is 1. The number of nitrogens with one attached hydrogen (secondary N) is 1. The van der Waals surface area contributed by atoms with Crippen molar-refractivity contribution >= 4 is 34.5 Å². The number of aromatic amines is 1. The van der Waals surface area contributed by atoms with Gasteiger partial charge in [0.1, 0.15) is 0 Å². The number of H-pyrrole nitrogens is 1. The Morgan fingerprint density at radius 1 is 1.21 bits per heavy atom. The molecule has 0 bridgehead atoms. The van der Waals surface area contributed by atoms with E-state index in [1.165, 1.54) is 0 Å². The smallest absolute Gasteiger partial charge is 0.304 e. The average Bonchev–Trinajstić information content (AvgIpc) is 2.57. The Bertz CT molecular complexity index is 518. The highest BCUT2D eigenvalue weighted by atomic mass is 35.5. The molecule has 1 heterocycles. The molecule has 0 radical (unpaired) electrons. The van der Waals surface area contributed by atoms with Crippen LogP contribution in [-0.2, 0) is 0 Å². The molecule has 2 nitrogen and oxygen atoms in total. The Kier molecular flexibility index (Phi) is 2.63. The highest BCUT2D eigenvalue weighted by Gasteiger charge is 2.03. The highest BCUT2D eigenvalue weighted by Crippen LogP contribution is 2.27. The van der Waals surface area contributed by atoms with Crippen molar-refractivity contribution in [2.45, 2.75) is 0 Å². The van der Waals surface area contributed by atoms with E-state index in [1.807, 2.05) is 6.07 Å². The summed E-state index contributed by atoms with van der Waals surface area (Å²) in [5.41, 5.74) is 1.62. The van der Waals surface area contributed by atoms with Crippen LogP contribution in [0, 0.1) is 0 Å². The van der Waals surface area contributed by atoms with Crippen molar-refractivity contribution in [3.8, 4) is 11.3 Å². The van der Waals surface area contributed by atoms with Crippen LogP contribution in [0.25, 0.3) is 11.3 Å². The summed E-state index contributed by atoms with van der Waals surface area (Å²) in [4.78, 5) is 13.5. The molecule has 14 heavy (non-hydrogen) atoms. The van der Waals surface area contributed by atoms with Crippen molar-refractivity contribution < 1.29 is 0 Å². The van der Waals surface area contributed by atoms with Crippen LogP contribution in [0.4, 0.5) is 0 Å². The molecular weight excluding hydrogens is 241 g/mol. The van der Waals surface area contributed by atoms with Crippen molar-refractivity contribution in [3.05, 3.63) is 43.3 Å². The summed E-state index contributed by atoms with van der Waals surface area (Å²) in [5.74, 6) is 0. The first-order valence-electron chi connectivity index (χ1n) is 3.80. The zero-order chi connectivity index (χ0) is 10.1. The third-order valence-electron chi connectivity index (χ3n) is 1.75. The van der Waals surface area contributed by atoms with Gasteiger partial charge in [-0.2, -0.15) is 0 Å². The number of aromatic nitrogens is 1. The molecule has 2 rings (SSSR count). The summed E-state index contributed by atoms with van der Waals surface area (Å²) in [5, 5.41) is 2.74. The zero-order valence-electron chi connectivity index (χ0n) is 6.88. The van der Waals surface area contributed by atoms with Gasteiger partial charge in [0.2, 0.25) is 0 Å². The van der Waals surface area contributed by atoms with E-state index >= 15 is 0 Å². The number of hydrogen-bond donors (Lipinski definition) is 1. The normalized spacial score (nSPS) is 10.4. The first-order chi connectivity index (χ1) is 6.66. The summed E-state index contributed by atoms with van der Waals surface area (Å²) in [6.45, 7) is 0. The fraction of sp³-hybridized carbons (Fsp3) is 0. The monoisotopic (exact) mass is 245 g/mol. The van der Waals surface area contributed by atoms with E-state index in [0.717, 1.165) is 22.6 Å². The maximum atomic E-state index is 10.9. The van der Waals surface area contributed by atoms with Crippen molar-refractivity contribution in [3.63, 3.8) is 0 Å². The van der Waals surface area contributed by atoms with E-state index < -0.39 is 0 Å². The first kappa shape index (κ1) is 9.77. The van der Waals surface area contributed by atoms with Gasteiger partial charge in [-0.15, -0.1) is 0 Å². The standard InChI is InChI=1S/C9H5Cl2NOS/c10-6-2-1-5(3-7(6)11)8-4-14-9(13)12-8/h1-4H,(H,12,13). The van der Waals surface area contributed by atoms with Crippen LogP contribution in [0.3, 0.4) is 0 Å². The lowest BCUT2D eigenvalue weighted by Crippen LogP contribution is -1.92. The van der Waals surface area contributed by atoms with Crippen LogP contribution in [0.1, 0.15) is 0 Å². The Morgan fingerprint density at radius 3 is 2.57 bits per heavy atom. The van der Waals surface area contributed by atoms with E-state index in [2.05, 4.69) is 4.98 Å². The number of halogens is 2. The molecule has 0 aliphatic carbocycles. The lowest BCUT2D eigenvalue weighted by Gasteiger charge is -1.99. The van der Waals surface area contributed by atoms with Gasteiger partial charge in [-0.1, -0.05) is 40.6 Å². The van der Waals surface area contributed by atoms with E-state index in [1.54, 1.807) is 17.5 Å². The number of thiazole rings is 1. The van der Waals surface area contributed by atoms with Crippen LogP contribution in [0.15, 0.2) is 28.4 Å². The number of hydrogen-bond acceptors (Lipinski definition) is 2. The second-order valence-corrected chi connectivity index (χ2v) is 4.35. The highest BCUT2D eigenvalue weighted by molar-refractivity contribution is 7.07. The molecule has 0 unspecified atom stereocenters. The largest absolute Gasteiger partial charge is 0.312 e. The van der Waals surface area contributed by atoms with Crippen LogP contribution < -0.4 is 4.87 Å². The van der Waals surface area contributed by atoms with Gasteiger partial charge in [-0.05, 0) is 12.1 Å². The van der Waals surface area contributed by atoms with Gasteiger partial charge in [0.25, 0.3) is 0 Å². The summed E-state index contributed by atoms with van der Waals surface area (Å²) in [7, 11) is 0. The molecule has 1 aromatic carbocycles. The van der Waals surface area contributed by atoms with Crippen molar-refractivity contribution in [2.24, 2.45) is 0 Å². The van der Waals surface area contributed by atoms with Crippen LogP contribution in [0.2, 0.25) is 10.0 Å². The quantitative estimate of drug-likeness (QED) is 0.821. The molecule has 0 amide bonds. The Balaban J connectivity index is 2.52. The van der Waals surface area contributed by atoms with Crippen molar-refractivity contribution in [1.29, 1.82) is 0 Å². The van der Waals surface area contributed by atoms with Gasteiger partial charge in [-0.25, -0.2) is 0 Å². The summed E-state index contributed by atoms with van der Waals surface area (Å²) in [6.07, 6.45) is 0. The molecule has 72 valence electrons. The Morgan fingerprint density at radius 2 is 2.00 bits per heavy atom. The zero-order valence-corrected chi connectivity index (χ0v) is 9.21. The van der Waals surface area contributed by atoms with Gasteiger partial charge < -0.3 is 4.98 Å². The lowest BCUT2D eigenvalue weighted by atomic mass is 10.2. The van der Waals surface area contributed by atoms with Crippen molar-refractivity contribution in [2.75, 3.05) is 0 Å². The third-order valence-corrected chi connectivity index (χ3v) is 3.16. The molecule has 0 fully saturated rings. The Labute approximate surface area is 94.1 Å². The SMILES string of the molecule is O=c1[nH]c(-c2ccc(Cl)c(Cl)c2)cs1. The van der Waals surface area contributed by atoms with Crippen LogP contribution in [-0.4, -0.2) is 4.98 Å². The van der Waals surface area contributed by atoms with E-state index in [-0.39, 0.29) is 4.87 Å². The predicted octanol–water partition coefficient (Wildman–Crippen LogP) is 3.41. The molecule has 1 aromatic heterocycles. The topological polar surface area (TPSA) is 32.9 Å². The van der Waals surface area contributed by atoms with Gasteiger partial charge in [0.05, 0.1) is 15.7 Å². The maximum Gasteiger partial charge on any atom is 0.304 e. The average molecular weight is 246 g/mol. The molecular formula is C9H5Cl2NOS. The van der Waals surface area contributed by atoms with Crippen molar-refractivity contribution in [1.82, 2.24) is 4.98 Å². The van der Waals surface area contributed by atoms with E-state index in [4.69, 9.17) is 23.2 Å². The molecule has 5 heteroatoms. The van der Waals surface area contributed by atoms with Gasteiger partial charge in [-0.3, -0.25) is 4.79 Å². The number of benzene rings is 1. The second kappa shape index (κ2) is 3.77. The predicted molar refractivity (Wildman–Crippen MR) is 60.4 cm³/mol. The van der Waals surface area contributed by atoms with E-state index in [9.17, 15) is 4.79 Å². The minimum Gasteiger partial charge on any atom is -0.312 e. The van der Waals surface area contributed by atoms with Gasteiger partial charge >= 0.3 is 4.87 Å². The summed E-state index contributed by atoms with van der Waals surface area (Å²) < 4.78 is 0. The van der Waals surface area contributed by atoms with Gasteiger partial charge in [0, 0.05) is 10.9 Å². The minimum atomic E-state index is -0.0777. The van der Waals surface area contributed by atoms with Crippen LogP contribution >= 0.6 is 34.5 Å². The molecule has 0 saturated carbocycles. The minimum absolute atomic E-state index is 0.0777. The summed E-state index contributed by atoms with van der Waals surface area (Å²) >= 11 is 12.7. The fourth-order valence-corrected chi connectivity index (χ4v) is 1.97. The molecule has 2 aromatic rings. The summed E-state index contributed by atoms with van der Waals surface area (Å²) in [6, 6.07) is 5.24. The van der Waals surface area contributed by atoms with Gasteiger partial charge in [0.15, 0.2) is 0 Å². The maximum absolute atomic E-state index is 10.9. The molecule has 0 saturated heterocycles. The lowest BCUT2D eigenvalue weighted by molar-refractivity contribution is 1.34. The Hall–Kier alpha value is -0.770. The fourth-order valence-electron chi connectivity index (χ4n) is 1.09. The van der Waals surface area contributed by atoms with E-state index in [0.29, 0.717) is 10.0 Å². The molecule has 0 atom stereocenters. The molecule has 1 N–H and O–H groups in total.